The summed E-state index contributed by atoms with van der Waals surface area (Å²) in [5, 5.41) is 4.04. The Kier molecular flexibility index (Phi) is 7.20. The highest BCUT2D eigenvalue weighted by atomic mass is 35.5. The number of rotatable bonds is 3. The van der Waals surface area contributed by atoms with E-state index in [1.165, 1.54) is 0 Å². The Hall–Kier alpha value is -2.51. The maximum atomic E-state index is 13.0. The molecule has 1 atom stereocenters. The minimum atomic E-state index is -0.518. The molecule has 0 aliphatic carbocycles. The third-order valence-corrected chi connectivity index (χ3v) is 5.85. The molecule has 8 heteroatoms. The second kappa shape index (κ2) is 9.55. The summed E-state index contributed by atoms with van der Waals surface area (Å²) in [6.07, 6.45) is 5.72. The zero-order valence-electron chi connectivity index (χ0n) is 19.3. The van der Waals surface area contributed by atoms with Gasteiger partial charge in [-0.2, -0.15) is 0 Å². The summed E-state index contributed by atoms with van der Waals surface area (Å²) < 4.78 is 4.55. The van der Waals surface area contributed by atoms with E-state index < -0.39 is 5.54 Å². The van der Waals surface area contributed by atoms with Crippen molar-refractivity contribution >= 4 is 29.8 Å². The first-order chi connectivity index (χ1) is 15.0. The Morgan fingerprint density at radius 3 is 2.62 bits per heavy atom. The van der Waals surface area contributed by atoms with E-state index in [0.717, 1.165) is 37.2 Å². The Balaban J connectivity index is 0.000000360. The van der Waals surface area contributed by atoms with Crippen LogP contribution in [0.4, 0.5) is 5.82 Å². The van der Waals surface area contributed by atoms with E-state index in [9.17, 15) is 9.59 Å². The van der Waals surface area contributed by atoms with E-state index >= 15 is 0 Å². The summed E-state index contributed by atoms with van der Waals surface area (Å²) in [6.45, 7) is 11.9. The molecule has 0 bridgehead atoms. The molecule has 0 radical (unpaired) electrons. The Morgan fingerprint density at radius 2 is 2.03 bits per heavy atom. The van der Waals surface area contributed by atoms with Crippen molar-refractivity contribution in [1.29, 1.82) is 0 Å². The Labute approximate surface area is 194 Å². The number of nitrogens with one attached hydrogen (secondary N) is 1. The molecule has 1 saturated heterocycles. The number of nitrogens with zero attached hydrogens (tertiary/aromatic N) is 3. The predicted octanol–water partition coefficient (Wildman–Crippen LogP) is 4.45. The van der Waals surface area contributed by atoms with Crippen molar-refractivity contribution in [2.24, 2.45) is 0 Å². The van der Waals surface area contributed by atoms with Crippen LogP contribution >= 0.6 is 11.6 Å². The van der Waals surface area contributed by atoms with Crippen LogP contribution < -0.4 is 10.2 Å². The van der Waals surface area contributed by atoms with Gasteiger partial charge in [0.15, 0.2) is 5.82 Å². The van der Waals surface area contributed by atoms with Gasteiger partial charge in [-0.1, -0.05) is 11.6 Å². The SMILES string of the molecule is CC(C)(C)OC=O.CC1(C)c2cc(Cl)ccc2C(=O)N1c1cncc(C2CCCNC2)n1. The van der Waals surface area contributed by atoms with Gasteiger partial charge in [-0.05, 0) is 77.8 Å². The van der Waals surface area contributed by atoms with E-state index in [-0.39, 0.29) is 11.5 Å². The minimum absolute atomic E-state index is 0.0510. The van der Waals surface area contributed by atoms with Gasteiger partial charge in [-0.15, -0.1) is 0 Å². The molecule has 2 aliphatic heterocycles. The third-order valence-electron chi connectivity index (χ3n) is 5.62. The van der Waals surface area contributed by atoms with Crippen molar-refractivity contribution in [2.75, 3.05) is 18.0 Å². The van der Waals surface area contributed by atoms with Gasteiger partial charge in [0, 0.05) is 29.2 Å². The maximum absolute atomic E-state index is 13.0. The number of ether oxygens (including phenoxy) is 1. The topological polar surface area (TPSA) is 84.4 Å². The molecule has 1 N–H and O–H groups in total. The second-order valence-electron chi connectivity index (χ2n) is 9.56. The normalized spacial score (nSPS) is 19.6. The fourth-order valence-electron chi connectivity index (χ4n) is 4.02. The molecule has 0 saturated carbocycles. The number of halogens is 1. The number of fused-ring (bicyclic) bond motifs is 1. The van der Waals surface area contributed by atoms with Crippen molar-refractivity contribution in [3.8, 4) is 0 Å². The number of carbonyl (C=O) groups is 2. The highest BCUT2D eigenvalue weighted by Crippen LogP contribution is 2.42. The Morgan fingerprint density at radius 1 is 1.28 bits per heavy atom. The molecule has 172 valence electrons. The lowest BCUT2D eigenvalue weighted by molar-refractivity contribution is -0.138. The first-order valence-corrected chi connectivity index (χ1v) is 11.2. The zero-order valence-corrected chi connectivity index (χ0v) is 20.1. The summed E-state index contributed by atoms with van der Waals surface area (Å²) in [5.41, 5.74) is 1.72. The number of hydrogen-bond acceptors (Lipinski definition) is 6. The van der Waals surface area contributed by atoms with Crippen LogP contribution in [0.25, 0.3) is 0 Å². The lowest BCUT2D eigenvalue weighted by Gasteiger charge is -2.32. The Bertz CT molecular complexity index is 981. The van der Waals surface area contributed by atoms with Gasteiger partial charge in [0.2, 0.25) is 0 Å². The van der Waals surface area contributed by atoms with Crippen LogP contribution in [0.1, 0.15) is 75.0 Å². The molecule has 2 aromatic rings. The largest absolute Gasteiger partial charge is 0.462 e. The average molecular weight is 459 g/mol. The molecule has 3 heterocycles. The molecule has 0 spiro atoms. The molecule has 7 nitrogen and oxygen atoms in total. The van der Waals surface area contributed by atoms with E-state index in [4.69, 9.17) is 16.6 Å². The fourth-order valence-corrected chi connectivity index (χ4v) is 4.19. The number of aromatic nitrogens is 2. The standard InChI is InChI=1S/C19H21ClN4O.C5H10O2/c1-19(2)15-8-13(20)5-6-14(15)18(25)24(19)17-11-22-10-16(23-17)12-4-3-7-21-9-12;1-5(2,3)7-4-6/h5-6,8,10-12,21H,3-4,7,9H2,1-2H3;4H,1-3H3. The molecule has 4 rings (SSSR count). The number of anilines is 1. The van der Waals surface area contributed by atoms with Crippen molar-refractivity contribution in [3.63, 3.8) is 0 Å². The molecule has 1 unspecified atom stereocenters. The minimum Gasteiger partial charge on any atom is -0.462 e. The van der Waals surface area contributed by atoms with Crippen LogP contribution in [0.2, 0.25) is 5.02 Å². The maximum Gasteiger partial charge on any atom is 0.293 e. The molecule has 1 aromatic carbocycles. The second-order valence-corrected chi connectivity index (χ2v) is 10.00. The predicted molar refractivity (Wildman–Crippen MR) is 125 cm³/mol. The molecule has 1 aromatic heterocycles. The first kappa shape index (κ1) is 24.1. The van der Waals surface area contributed by atoms with Gasteiger partial charge in [0.25, 0.3) is 12.4 Å². The van der Waals surface area contributed by atoms with Gasteiger partial charge in [-0.3, -0.25) is 19.5 Å². The highest BCUT2D eigenvalue weighted by Gasteiger charge is 2.44. The quantitative estimate of drug-likeness (QED) is 0.684. The number of benzene rings is 1. The monoisotopic (exact) mass is 458 g/mol. The molecule has 1 amide bonds. The number of piperidine rings is 1. The smallest absolute Gasteiger partial charge is 0.293 e. The molecule has 32 heavy (non-hydrogen) atoms. The zero-order chi connectivity index (χ0) is 23.5. The number of amides is 1. The summed E-state index contributed by atoms with van der Waals surface area (Å²) in [7, 11) is 0. The van der Waals surface area contributed by atoms with Crippen LogP contribution in [0.3, 0.4) is 0 Å². The summed E-state index contributed by atoms with van der Waals surface area (Å²) in [5.74, 6) is 0.897. The highest BCUT2D eigenvalue weighted by molar-refractivity contribution is 6.31. The molecule has 2 aliphatic rings. The summed E-state index contributed by atoms with van der Waals surface area (Å²) in [6, 6.07) is 5.43. The summed E-state index contributed by atoms with van der Waals surface area (Å²) >= 11 is 6.15. The van der Waals surface area contributed by atoms with E-state index in [2.05, 4.69) is 15.0 Å². The van der Waals surface area contributed by atoms with Crippen molar-refractivity contribution in [2.45, 2.75) is 64.5 Å². The molecular weight excluding hydrogens is 428 g/mol. The average Bonchev–Trinajstić information content (AvgIpc) is 2.93. The van der Waals surface area contributed by atoms with Gasteiger partial charge >= 0.3 is 0 Å². The van der Waals surface area contributed by atoms with Crippen LogP contribution in [-0.4, -0.2) is 41.0 Å². The van der Waals surface area contributed by atoms with Crippen LogP contribution in [0.5, 0.6) is 0 Å². The molecular formula is C24H31ClN4O3. The van der Waals surface area contributed by atoms with E-state index in [1.54, 1.807) is 23.2 Å². The fraction of sp³-hybridized carbons (Fsp3) is 0.500. The van der Waals surface area contributed by atoms with E-state index in [1.807, 2.05) is 46.9 Å². The van der Waals surface area contributed by atoms with Gasteiger partial charge in [0.05, 0.1) is 17.4 Å². The lowest BCUT2D eigenvalue weighted by atomic mass is 9.94. The van der Waals surface area contributed by atoms with E-state index in [0.29, 0.717) is 28.8 Å². The van der Waals surface area contributed by atoms with Crippen LogP contribution in [0.15, 0.2) is 30.6 Å². The van der Waals surface area contributed by atoms with Crippen molar-refractivity contribution < 1.29 is 14.3 Å². The van der Waals surface area contributed by atoms with Crippen molar-refractivity contribution in [3.05, 3.63) is 52.4 Å². The van der Waals surface area contributed by atoms with Gasteiger partial charge in [0.1, 0.15) is 5.60 Å². The van der Waals surface area contributed by atoms with Crippen molar-refractivity contribution in [1.82, 2.24) is 15.3 Å². The van der Waals surface area contributed by atoms with Crippen LogP contribution in [-0.2, 0) is 15.1 Å². The third kappa shape index (κ3) is 5.27. The van der Waals surface area contributed by atoms with Gasteiger partial charge in [-0.25, -0.2) is 4.98 Å². The number of carbonyl (C=O) groups excluding carboxylic acids is 2. The van der Waals surface area contributed by atoms with Crippen LogP contribution in [0, 0.1) is 0 Å². The summed E-state index contributed by atoms with van der Waals surface area (Å²) in [4.78, 5) is 33.5. The van der Waals surface area contributed by atoms with Gasteiger partial charge < -0.3 is 10.1 Å². The first-order valence-electron chi connectivity index (χ1n) is 10.8. The molecule has 1 fully saturated rings. The lowest BCUT2D eigenvalue weighted by Crippen LogP contribution is -2.40. The number of hydrogen-bond donors (Lipinski definition) is 1.